The van der Waals surface area contributed by atoms with Crippen molar-refractivity contribution in [2.75, 3.05) is 13.1 Å². The molecule has 0 aromatic heterocycles. The number of halogens is 1. The summed E-state index contributed by atoms with van der Waals surface area (Å²) in [5, 5.41) is 6.51. The Kier molecular flexibility index (Phi) is 6.32. The van der Waals surface area contributed by atoms with Crippen molar-refractivity contribution >= 4 is 18.3 Å². The molecule has 0 bridgehead atoms. The van der Waals surface area contributed by atoms with Gasteiger partial charge in [-0.15, -0.1) is 12.4 Å². The number of hydrogen-bond donors (Lipinski definition) is 2. The molecule has 2 N–H and O–H groups in total. The number of benzene rings is 1. The quantitative estimate of drug-likeness (QED) is 0.890. The van der Waals surface area contributed by atoms with Crippen LogP contribution in [0.1, 0.15) is 31.7 Å². The third-order valence-electron chi connectivity index (χ3n) is 3.63. The van der Waals surface area contributed by atoms with E-state index < -0.39 is 0 Å². The predicted octanol–water partition coefficient (Wildman–Crippen LogP) is 2.30. The van der Waals surface area contributed by atoms with Crippen molar-refractivity contribution in [2.24, 2.45) is 0 Å². The molecule has 0 aliphatic carbocycles. The van der Waals surface area contributed by atoms with Crippen LogP contribution in [0.3, 0.4) is 0 Å². The maximum Gasteiger partial charge on any atom is 0.220 e. The van der Waals surface area contributed by atoms with E-state index in [0.29, 0.717) is 6.42 Å². The Morgan fingerprint density at radius 1 is 1.26 bits per heavy atom. The van der Waals surface area contributed by atoms with Gasteiger partial charge in [-0.2, -0.15) is 0 Å². The average molecular weight is 283 g/mol. The summed E-state index contributed by atoms with van der Waals surface area (Å²) in [4.78, 5) is 12.0. The molecule has 1 amide bonds. The van der Waals surface area contributed by atoms with Gasteiger partial charge in [0.25, 0.3) is 0 Å². The SMILES string of the molecule is CC1(NC(=O)CCc2ccccc2)CCNCC1.Cl. The van der Waals surface area contributed by atoms with E-state index in [1.54, 1.807) is 0 Å². The first-order valence-corrected chi connectivity index (χ1v) is 6.74. The first kappa shape index (κ1) is 16.0. The number of carbonyl (C=O) groups excluding carboxylic acids is 1. The van der Waals surface area contributed by atoms with E-state index in [1.165, 1.54) is 5.56 Å². The summed E-state index contributed by atoms with van der Waals surface area (Å²) in [5.41, 5.74) is 1.21. The lowest BCUT2D eigenvalue weighted by Gasteiger charge is -2.35. The largest absolute Gasteiger partial charge is 0.351 e. The van der Waals surface area contributed by atoms with Crippen LogP contribution < -0.4 is 10.6 Å². The maximum absolute atomic E-state index is 12.0. The van der Waals surface area contributed by atoms with Gasteiger partial charge in [0.1, 0.15) is 0 Å². The molecule has 1 aromatic rings. The normalized spacial score (nSPS) is 17.3. The summed E-state index contributed by atoms with van der Waals surface area (Å²) in [6.45, 7) is 4.14. The molecule has 4 heteroatoms. The molecule has 1 heterocycles. The topological polar surface area (TPSA) is 41.1 Å². The zero-order valence-corrected chi connectivity index (χ0v) is 12.3. The van der Waals surface area contributed by atoms with Gasteiger partial charge in [-0.3, -0.25) is 4.79 Å². The van der Waals surface area contributed by atoms with Gasteiger partial charge in [0.2, 0.25) is 5.91 Å². The summed E-state index contributed by atoms with van der Waals surface area (Å²) in [6, 6.07) is 10.2. The molecule has 0 saturated carbocycles. The molecule has 0 spiro atoms. The van der Waals surface area contributed by atoms with Crippen LogP contribution in [-0.2, 0) is 11.2 Å². The van der Waals surface area contributed by atoms with E-state index >= 15 is 0 Å². The van der Waals surface area contributed by atoms with Crippen LogP contribution in [-0.4, -0.2) is 24.5 Å². The molecule has 0 radical (unpaired) electrons. The highest BCUT2D eigenvalue weighted by Gasteiger charge is 2.27. The fourth-order valence-electron chi connectivity index (χ4n) is 2.41. The highest BCUT2D eigenvalue weighted by molar-refractivity contribution is 5.85. The molecule has 1 aromatic carbocycles. The average Bonchev–Trinajstić information content (AvgIpc) is 2.38. The lowest BCUT2D eigenvalue weighted by atomic mass is 9.90. The van der Waals surface area contributed by atoms with Gasteiger partial charge < -0.3 is 10.6 Å². The van der Waals surface area contributed by atoms with Gasteiger partial charge in [0, 0.05) is 12.0 Å². The van der Waals surface area contributed by atoms with Crippen LogP contribution in [0.2, 0.25) is 0 Å². The Balaban J connectivity index is 0.00000180. The summed E-state index contributed by atoms with van der Waals surface area (Å²) >= 11 is 0. The van der Waals surface area contributed by atoms with E-state index in [9.17, 15) is 4.79 Å². The van der Waals surface area contributed by atoms with Gasteiger partial charge in [-0.05, 0) is 44.8 Å². The highest BCUT2D eigenvalue weighted by Crippen LogP contribution is 2.17. The monoisotopic (exact) mass is 282 g/mol. The Morgan fingerprint density at radius 3 is 2.53 bits per heavy atom. The predicted molar refractivity (Wildman–Crippen MR) is 80.7 cm³/mol. The van der Waals surface area contributed by atoms with E-state index in [1.807, 2.05) is 18.2 Å². The van der Waals surface area contributed by atoms with Gasteiger partial charge in [-0.1, -0.05) is 30.3 Å². The van der Waals surface area contributed by atoms with Crippen molar-refractivity contribution in [1.82, 2.24) is 10.6 Å². The van der Waals surface area contributed by atoms with Gasteiger partial charge >= 0.3 is 0 Å². The molecule has 19 heavy (non-hydrogen) atoms. The molecule has 106 valence electrons. The molecule has 1 fully saturated rings. The van der Waals surface area contributed by atoms with Crippen LogP contribution in [0.15, 0.2) is 30.3 Å². The van der Waals surface area contributed by atoms with Crippen LogP contribution in [0.5, 0.6) is 0 Å². The van der Waals surface area contributed by atoms with E-state index in [4.69, 9.17) is 0 Å². The zero-order chi connectivity index (χ0) is 12.8. The van der Waals surface area contributed by atoms with Crippen molar-refractivity contribution in [3.8, 4) is 0 Å². The maximum atomic E-state index is 12.0. The van der Waals surface area contributed by atoms with E-state index in [-0.39, 0.29) is 23.9 Å². The second-order valence-electron chi connectivity index (χ2n) is 5.34. The van der Waals surface area contributed by atoms with E-state index in [2.05, 4.69) is 29.7 Å². The smallest absolute Gasteiger partial charge is 0.220 e. The van der Waals surface area contributed by atoms with Gasteiger partial charge in [-0.25, -0.2) is 0 Å². The number of amides is 1. The first-order valence-electron chi connectivity index (χ1n) is 6.74. The lowest BCUT2D eigenvalue weighted by Crippen LogP contribution is -2.52. The number of aryl methyl sites for hydroxylation is 1. The third-order valence-corrected chi connectivity index (χ3v) is 3.63. The third kappa shape index (κ3) is 5.21. The minimum absolute atomic E-state index is 0. The van der Waals surface area contributed by atoms with Crippen LogP contribution in [0, 0.1) is 0 Å². The molecule has 0 unspecified atom stereocenters. The van der Waals surface area contributed by atoms with Gasteiger partial charge in [0.15, 0.2) is 0 Å². The van der Waals surface area contributed by atoms with Crippen LogP contribution in [0.25, 0.3) is 0 Å². The minimum Gasteiger partial charge on any atom is -0.351 e. The Hall–Kier alpha value is -1.06. The van der Waals surface area contributed by atoms with Crippen molar-refractivity contribution in [3.63, 3.8) is 0 Å². The number of rotatable bonds is 4. The van der Waals surface area contributed by atoms with Crippen molar-refractivity contribution < 1.29 is 4.79 Å². The summed E-state index contributed by atoms with van der Waals surface area (Å²) in [7, 11) is 0. The molecule has 1 aliphatic rings. The number of hydrogen-bond acceptors (Lipinski definition) is 2. The highest BCUT2D eigenvalue weighted by atomic mass is 35.5. The minimum atomic E-state index is -0.0149. The number of nitrogens with one attached hydrogen (secondary N) is 2. The second kappa shape index (κ2) is 7.51. The van der Waals surface area contributed by atoms with Crippen LogP contribution >= 0.6 is 12.4 Å². The molecule has 3 nitrogen and oxygen atoms in total. The standard InChI is InChI=1S/C15H22N2O.ClH/c1-15(9-11-16-12-10-15)17-14(18)8-7-13-5-3-2-4-6-13;/h2-6,16H,7-12H2,1H3,(H,17,18);1H. The van der Waals surface area contributed by atoms with Crippen molar-refractivity contribution in [1.29, 1.82) is 0 Å². The van der Waals surface area contributed by atoms with Crippen molar-refractivity contribution in [3.05, 3.63) is 35.9 Å². The van der Waals surface area contributed by atoms with Crippen molar-refractivity contribution in [2.45, 2.75) is 38.1 Å². The molecular formula is C15H23ClN2O. The molecule has 2 rings (SSSR count). The second-order valence-corrected chi connectivity index (χ2v) is 5.34. The van der Waals surface area contributed by atoms with Gasteiger partial charge in [0.05, 0.1) is 0 Å². The lowest BCUT2D eigenvalue weighted by molar-refractivity contribution is -0.123. The van der Waals surface area contributed by atoms with E-state index in [0.717, 1.165) is 32.4 Å². The molecule has 1 aliphatic heterocycles. The molecular weight excluding hydrogens is 260 g/mol. The Labute approximate surface area is 121 Å². The number of piperidine rings is 1. The summed E-state index contributed by atoms with van der Waals surface area (Å²) in [6.07, 6.45) is 3.43. The number of carbonyl (C=O) groups is 1. The fraction of sp³-hybridized carbons (Fsp3) is 0.533. The molecule has 1 saturated heterocycles. The Bertz CT molecular complexity index is 388. The van der Waals surface area contributed by atoms with Crippen LogP contribution in [0.4, 0.5) is 0 Å². The summed E-state index contributed by atoms with van der Waals surface area (Å²) < 4.78 is 0. The zero-order valence-electron chi connectivity index (χ0n) is 11.4. The fourth-order valence-corrected chi connectivity index (χ4v) is 2.41. The summed E-state index contributed by atoms with van der Waals surface area (Å²) in [5.74, 6) is 0.170. The Morgan fingerprint density at radius 2 is 1.89 bits per heavy atom. The molecule has 0 atom stereocenters. The first-order chi connectivity index (χ1) is 8.68.